The number of aryl methyl sites for hydroxylation is 1. The molecule has 0 atom stereocenters. The summed E-state index contributed by atoms with van der Waals surface area (Å²) >= 11 is 0. The lowest BCUT2D eigenvalue weighted by molar-refractivity contribution is -0.114. The van der Waals surface area contributed by atoms with Crippen LogP contribution in [-0.4, -0.2) is 81.4 Å². The average Bonchev–Trinajstić information content (AvgIpc) is 3.28. The third-order valence-electron chi connectivity index (χ3n) is 6.44. The number of hydrogen-bond donors (Lipinski definition) is 1. The normalized spacial score (nSPS) is 11.5. The van der Waals surface area contributed by atoms with Gasteiger partial charge in [0.2, 0.25) is 0 Å². The van der Waals surface area contributed by atoms with Gasteiger partial charge < -0.3 is 23.9 Å². The van der Waals surface area contributed by atoms with E-state index in [9.17, 15) is 13.2 Å². The van der Waals surface area contributed by atoms with Gasteiger partial charge >= 0.3 is 10.1 Å². The molecule has 0 saturated heterocycles. The summed E-state index contributed by atoms with van der Waals surface area (Å²) in [6.45, 7) is 5.00. The molecule has 0 radical (unpaired) electrons. The molecule has 0 aliphatic rings. The van der Waals surface area contributed by atoms with E-state index >= 15 is 0 Å². The van der Waals surface area contributed by atoms with Gasteiger partial charge in [0.05, 0.1) is 36.6 Å². The van der Waals surface area contributed by atoms with Crippen LogP contribution in [0.2, 0.25) is 0 Å². The molecule has 0 spiro atoms. The van der Waals surface area contributed by atoms with Crippen molar-refractivity contribution in [2.45, 2.75) is 0 Å². The number of benzene rings is 2. The minimum absolute atomic E-state index is 0.220. The van der Waals surface area contributed by atoms with Gasteiger partial charge in [-0.3, -0.25) is 9.63 Å². The van der Waals surface area contributed by atoms with Crippen molar-refractivity contribution in [3.8, 4) is 11.3 Å². The van der Waals surface area contributed by atoms with Crippen LogP contribution in [0.1, 0.15) is 0 Å². The van der Waals surface area contributed by atoms with Crippen LogP contribution >= 0.6 is 0 Å². The highest BCUT2D eigenvalue weighted by molar-refractivity contribution is 7.86. The molecular weight excluding hydrogens is 558 g/mol. The van der Waals surface area contributed by atoms with E-state index in [1.54, 1.807) is 30.5 Å². The summed E-state index contributed by atoms with van der Waals surface area (Å²) < 4.78 is 29.6. The standard InChI is InChI=1S/C29H35N7O5S/c1-20(41-42(7,38)39)28(37)31-23-13-9-11-15-25(23)36(40-6)29-30-18-26(34(4)17-16-33(2)3)27(32-29)22-19-35(5)24-14-10-8-12-21(22)24/h8-15,18-19H,1,16-17H2,2-7H3,(H,31,37). The summed E-state index contributed by atoms with van der Waals surface area (Å²) in [6.07, 6.45) is 4.63. The van der Waals surface area contributed by atoms with Crippen LogP contribution < -0.4 is 15.3 Å². The number of carbonyl (C=O) groups excluding carboxylic acids is 1. The van der Waals surface area contributed by atoms with Gasteiger partial charge in [-0.05, 0) is 38.9 Å². The van der Waals surface area contributed by atoms with E-state index in [0.717, 1.165) is 41.5 Å². The summed E-state index contributed by atoms with van der Waals surface area (Å²) in [5.74, 6) is -1.19. The number of anilines is 4. The predicted octanol–water partition coefficient (Wildman–Crippen LogP) is 3.76. The predicted molar refractivity (Wildman–Crippen MR) is 165 cm³/mol. The molecule has 2 heterocycles. The van der Waals surface area contributed by atoms with Crippen molar-refractivity contribution in [3.05, 3.63) is 73.3 Å². The highest BCUT2D eigenvalue weighted by Gasteiger charge is 2.23. The number of carbonyl (C=O) groups is 1. The molecule has 222 valence electrons. The number of amides is 1. The van der Waals surface area contributed by atoms with E-state index in [4.69, 9.17) is 9.82 Å². The fourth-order valence-electron chi connectivity index (χ4n) is 4.40. The van der Waals surface area contributed by atoms with E-state index in [0.29, 0.717) is 17.1 Å². The van der Waals surface area contributed by atoms with Crippen LogP contribution in [-0.2, 0) is 31.0 Å². The zero-order valence-corrected chi connectivity index (χ0v) is 25.3. The fraction of sp³-hybridized carbons (Fsp3) is 0.276. The molecule has 0 unspecified atom stereocenters. The lowest BCUT2D eigenvalue weighted by atomic mass is 10.1. The summed E-state index contributed by atoms with van der Waals surface area (Å²) in [4.78, 5) is 32.3. The quantitative estimate of drug-likeness (QED) is 0.112. The summed E-state index contributed by atoms with van der Waals surface area (Å²) in [5, 5.41) is 5.04. The Labute approximate surface area is 245 Å². The molecule has 13 heteroatoms. The highest BCUT2D eigenvalue weighted by Crippen LogP contribution is 2.37. The van der Waals surface area contributed by atoms with Crippen molar-refractivity contribution in [2.24, 2.45) is 7.05 Å². The Bertz CT molecular complexity index is 1720. The van der Waals surface area contributed by atoms with E-state index in [2.05, 4.69) is 47.6 Å². The SMILES string of the molecule is C=C(OS(C)(=O)=O)C(=O)Nc1ccccc1N(OC)c1ncc(N(C)CCN(C)C)c(-c2cn(C)c3ccccc23)n1. The van der Waals surface area contributed by atoms with Gasteiger partial charge in [-0.1, -0.05) is 30.3 Å². The van der Waals surface area contributed by atoms with Crippen molar-refractivity contribution in [1.82, 2.24) is 19.4 Å². The zero-order valence-electron chi connectivity index (χ0n) is 24.5. The maximum atomic E-state index is 12.7. The number of aromatic nitrogens is 3. The first-order chi connectivity index (χ1) is 19.9. The minimum Gasteiger partial charge on any atom is -0.377 e. The Hall–Kier alpha value is -4.46. The first-order valence-electron chi connectivity index (χ1n) is 13.0. The largest absolute Gasteiger partial charge is 0.377 e. The first-order valence-corrected chi connectivity index (χ1v) is 14.8. The van der Waals surface area contributed by atoms with Gasteiger partial charge in [0.15, 0.2) is 5.76 Å². The topological polar surface area (TPSA) is 122 Å². The number of fused-ring (bicyclic) bond motifs is 1. The Morgan fingerprint density at radius 1 is 1.05 bits per heavy atom. The van der Waals surface area contributed by atoms with Gasteiger partial charge in [0.1, 0.15) is 5.69 Å². The third-order valence-corrected chi connectivity index (χ3v) is 6.95. The molecule has 2 aromatic heterocycles. The molecule has 4 rings (SSSR count). The van der Waals surface area contributed by atoms with Crippen LogP contribution in [0.3, 0.4) is 0 Å². The maximum Gasteiger partial charge on any atom is 0.306 e. The van der Waals surface area contributed by atoms with Gasteiger partial charge in [-0.25, -0.2) is 9.97 Å². The highest BCUT2D eigenvalue weighted by atomic mass is 32.2. The second-order valence-corrected chi connectivity index (χ2v) is 11.5. The minimum atomic E-state index is -3.92. The number of nitrogens with zero attached hydrogens (tertiary/aromatic N) is 6. The molecule has 42 heavy (non-hydrogen) atoms. The van der Waals surface area contributed by atoms with Crippen molar-refractivity contribution in [2.75, 3.05) is 62.9 Å². The Morgan fingerprint density at radius 3 is 2.43 bits per heavy atom. The van der Waals surface area contributed by atoms with Gasteiger partial charge in [-0.15, -0.1) is 0 Å². The molecule has 0 aliphatic heterocycles. The molecular formula is C29H35N7O5S. The second-order valence-electron chi connectivity index (χ2n) is 9.96. The molecule has 0 aliphatic carbocycles. The van der Waals surface area contributed by atoms with E-state index in [1.165, 1.54) is 12.2 Å². The zero-order chi connectivity index (χ0) is 30.6. The number of likely N-dealkylation sites (N-methyl/N-ethyl adjacent to an activating group) is 2. The molecule has 1 amide bonds. The number of nitrogens with one attached hydrogen (secondary N) is 1. The number of hydrogen-bond acceptors (Lipinski definition) is 10. The molecule has 12 nitrogen and oxygen atoms in total. The van der Waals surface area contributed by atoms with Crippen molar-refractivity contribution < 1.29 is 22.2 Å². The number of para-hydroxylation sites is 3. The Balaban J connectivity index is 1.79. The molecule has 4 aromatic rings. The average molecular weight is 594 g/mol. The van der Waals surface area contributed by atoms with E-state index < -0.39 is 21.8 Å². The van der Waals surface area contributed by atoms with Crippen LogP contribution in [0.4, 0.5) is 23.0 Å². The van der Waals surface area contributed by atoms with Crippen molar-refractivity contribution in [1.29, 1.82) is 0 Å². The van der Waals surface area contributed by atoms with Crippen molar-refractivity contribution >= 4 is 49.9 Å². The van der Waals surface area contributed by atoms with Gasteiger partial charge in [-0.2, -0.15) is 13.5 Å². The Morgan fingerprint density at radius 2 is 1.74 bits per heavy atom. The summed E-state index contributed by atoms with van der Waals surface area (Å²) in [5.41, 5.74) is 4.22. The van der Waals surface area contributed by atoms with Crippen LogP contribution in [0.5, 0.6) is 0 Å². The third kappa shape index (κ3) is 6.87. The molecule has 2 aromatic carbocycles. The molecule has 1 N–H and O–H groups in total. The smallest absolute Gasteiger partial charge is 0.306 e. The first kappa shape index (κ1) is 30.5. The monoisotopic (exact) mass is 593 g/mol. The van der Waals surface area contributed by atoms with Gasteiger partial charge in [0, 0.05) is 49.8 Å². The molecule has 0 bridgehead atoms. The van der Waals surface area contributed by atoms with Crippen LogP contribution in [0.25, 0.3) is 22.2 Å². The fourth-order valence-corrected chi connectivity index (χ4v) is 4.84. The lowest BCUT2D eigenvalue weighted by Gasteiger charge is -2.26. The second kappa shape index (κ2) is 12.6. The maximum absolute atomic E-state index is 12.7. The molecule has 0 fully saturated rings. The van der Waals surface area contributed by atoms with Crippen LogP contribution in [0, 0.1) is 0 Å². The summed E-state index contributed by atoms with van der Waals surface area (Å²) in [6, 6.07) is 14.9. The molecule has 0 saturated carbocycles. The van der Waals surface area contributed by atoms with E-state index in [-0.39, 0.29) is 5.95 Å². The summed E-state index contributed by atoms with van der Waals surface area (Å²) in [7, 11) is 5.57. The number of rotatable bonds is 12. The van der Waals surface area contributed by atoms with Crippen LogP contribution in [0.15, 0.2) is 73.3 Å². The Kier molecular flexibility index (Phi) is 9.14. The van der Waals surface area contributed by atoms with E-state index in [1.807, 2.05) is 46.5 Å². The lowest BCUT2D eigenvalue weighted by Crippen LogP contribution is -2.29. The van der Waals surface area contributed by atoms with Gasteiger partial charge in [0.25, 0.3) is 11.9 Å². The van der Waals surface area contributed by atoms with Crippen molar-refractivity contribution in [3.63, 3.8) is 0 Å².